The number of amides is 1. The SMILES string of the molecule is COc1cc2c(cc1OC)[C@@H]1C[C@@H](N)[C@@H](N3C[C@@H](CF)CC3=O)CN1CC2. The maximum Gasteiger partial charge on any atom is 0.223 e. The summed E-state index contributed by atoms with van der Waals surface area (Å²) >= 11 is 0. The molecule has 0 radical (unpaired) electrons. The summed E-state index contributed by atoms with van der Waals surface area (Å²) in [6, 6.07) is 4.20. The van der Waals surface area contributed by atoms with Crippen molar-refractivity contribution in [2.24, 2.45) is 11.7 Å². The quantitative estimate of drug-likeness (QED) is 0.862. The van der Waals surface area contributed by atoms with E-state index >= 15 is 0 Å². The second kappa shape index (κ2) is 7.28. The summed E-state index contributed by atoms with van der Waals surface area (Å²) in [5.74, 6) is 1.35. The Hall–Kier alpha value is -1.86. The van der Waals surface area contributed by atoms with Crippen molar-refractivity contribution in [3.63, 3.8) is 0 Å². The molecule has 27 heavy (non-hydrogen) atoms. The number of methoxy groups -OCH3 is 2. The molecule has 3 aliphatic heterocycles. The van der Waals surface area contributed by atoms with Gasteiger partial charge in [-0.05, 0) is 36.1 Å². The lowest BCUT2D eigenvalue weighted by molar-refractivity contribution is -0.131. The highest BCUT2D eigenvalue weighted by Gasteiger charge is 2.44. The van der Waals surface area contributed by atoms with Gasteiger partial charge < -0.3 is 20.1 Å². The Morgan fingerprint density at radius 3 is 2.63 bits per heavy atom. The third kappa shape index (κ3) is 3.17. The zero-order valence-electron chi connectivity index (χ0n) is 16.0. The molecule has 3 heterocycles. The lowest BCUT2D eigenvalue weighted by atomic mass is 9.83. The van der Waals surface area contributed by atoms with E-state index in [0.717, 1.165) is 37.4 Å². The molecule has 148 valence electrons. The number of nitrogens with two attached hydrogens (primary N) is 1. The van der Waals surface area contributed by atoms with E-state index in [2.05, 4.69) is 17.0 Å². The topological polar surface area (TPSA) is 68.0 Å². The molecule has 3 aliphatic rings. The van der Waals surface area contributed by atoms with Crippen molar-refractivity contribution in [3.05, 3.63) is 23.3 Å². The molecular formula is C20H28FN3O3. The van der Waals surface area contributed by atoms with Gasteiger partial charge in [-0.1, -0.05) is 0 Å². The van der Waals surface area contributed by atoms with Crippen LogP contribution in [0.25, 0.3) is 0 Å². The van der Waals surface area contributed by atoms with Crippen LogP contribution >= 0.6 is 0 Å². The number of carbonyl (C=O) groups is 1. The molecule has 2 saturated heterocycles. The van der Waals surface area contributed by atoms with Crippen LogP contribution in [-0.4, -0.2) is 68.3 Å². The molecule has 1 amide bonds. The van der Waals surface area contributed by atoms with Crippen LogP contribution in [0.3, 0.4) is 0 Å². The number of hydrogen-bond acceptors (Lipinski definition) is 5. The van der Waals surface area contributed by atoms with E-state index in [1.54, 1.807) is 14.2 Å². The molecule has 0 bridgehead atoms. The number of likely N-dealkylation sites (tertiary alicyclic amines) is 1. The van der Waals surface area contributed by atoms with E-state index in [1.165, 1.54) is 11.1 Å². The van der Waals surface area contributed by atoms with E-state index in [9.17, 15) is 9.18 Å². The smallest absolute Gasteiger partial charge is 0.223 e. The minimum Gasteiger partial charge on any atom is -0.493 e. The summed E-state index contributed by atoms with van der Waals surface area (Å²) < 4.78 is 24.0. The summed E-state index contributed by atoms with van der Waals surface area (Å²) in [6.45, 7) is 1.72. The van der Waals surface area contributed by atoms with E-state index in [-0.39, 0.29) is 30.0 Å². The third-order valence-corrected chi connectivity index (χ3v) is 6.38. The largest absolute Gasteiger partial charge is 0.493 e. The summed E-state index contributed by atoms with van der Waals surface area (Å²) in [5, 5.41) is 0. The lowest BCUT2D eigenvalue weighted by Crippen LogP contribution is -2.60. The van der Waals surface area contributed by atoms with Gasteiger partial charge in [-0.25, -0.2) is 0 Å². The van der Waals surface area contributed by atoms with Gasteiger partial charge in [0.25, 0.3) is 0 Å². The standard InChI is InChI=1S/C20H28FN3O3/c1-26-18-6-13-3-4-23-11-17(24-10-12(9-21)5-20(24)25)15(22)8-16(23)14(13)7-19(18)27-2/h6-7,12,15-17H,3-5,8-11,22H2,1-2H3/t12-,15-,16+,17+/m1/s1. The van der Waals surface area contributed by atoms with Crippen molar-refractivity contribution in [2.75, 3.05) is 40.5 Å². The number of fused-ring (bicyclic) bond motifs is 3. The Kier molecular flexibility index (Phi) is 4.99. The highest BCUT2D eigenvalue weighted by atomic mass is 19.1. The van der Waals surface area contributed by atoms with Crippen LogP contribution in [0.15, 0.2) is 12.1 Å². The fraction of sp³-hybridized carbons (Fsp3) is 0.650. The summed E-state index contributed by atoms with van der Waals surface area (Å²) in [7, 11) is 3.30. The van der Waals surface area contributed by atoms with E-state index in [1.807, 2.05) is 4.90 Å². The number of rotatable bonds is 4. The van der Waals surface area contributed by atoms with Gasteiger partial charge in [0.15, 0.2) is 11.5 Å². The maximum absolute atomic E-state index is 13.0. The first kappa shape index (κ1) is 18.5. The summed E-state index contributed by atoms with van der Waals surface area (Å²) in [6.07, 6.45) is 2.01. The van der Waals surface area contributed by atoms with Gasteiger partial charge in [0.1, 0.15) is 0 Å². The monoisotopic (exact) mass is 377 g/mol. The van der Waals surface area contributed by atoms with Crippen molar-refractivity contribution in [1.29, 1.82) is 0 Å². The molecule has 7 heteroatoms. The van der Waals surface area contributed by atoms with Crippen LogP contribution in [0.4, 0.5) is 4.39 Å². The van der Waals surface area contributed by atoms with Crippen LogP contribution in [0.1, 0.15) is 30.0 Å². The van der Waals surface area contributed by atoms with Gasteiger partial charge in [-0.2, -0.15) is 0 Å². The fourth-order valence-electron chi connectivity index (χ4n) is 4.93. The average molecular weight is 377 g/mol. The zero-order valence-corrected chi connectivity index (χ0v) is 16.0. The van der Waals surface area contributed by atoms with E-state index in [4.69, 9.17) is 15.2 Å². The number of benzene rings is 1. The molecule has 0 aromatic heterocycles. The Bertz CT molecular complexity index is 729. The molecule has 0 unspecified atom stereocenters. The van der Waals surface area contributed by atoms with Crippen LogP contribution in [-0.2, 0) is 11.2 Å². The highest BCUT2D eigenvalue weighted by molar-refractivity contribution is 5.79. The molecule has 0 spiro atoms. The maximum atomic E-state index is 13.0. The van der Waals surface area contributed by atoms with Crippen LogP contribution in [0.2, 0.25) is 0 Å². The number of halogens is 1. The minimum atomic E-state index is -0.439. The summed E-state index contributed by atoms with van der Waals surface area (Å²) in [4.78, 5) is 16.6. The minimum absolute atomic E-state index is 0.0352. The van der Waals surface area contributed by atoms with Crippen molar-refractivity contribution < 1.29 is 18.7 Å². The number of nitrogens with zero attached hydrogens (tertiary/aromatic N) is 2. The van der Waals surface area contributed by atoms with Gasteiger partial charge >= 0.3 is 0 Å². The van der Waals surface area contributed by atoms with Gasteiger partial charge in [-0.3, -0.25) is 14.1 Å². The zero-order chi connectivity index (χ0) is 19.1. The first-order valence-electron chi connectivity index (χ1n) is 9.65. The normalized spacial score (nSPS) is 30.8. The number of hydrogen-bond donors (Lipinski definition) is 1. The van der Waals surface area contributed by atoms with Gasteiger partial charge in [0.05, 0.1) is 26.9 Å². The van der Waals surface area contributed by atoms with Gasteiger partial charge in [0.2, 0.25) is 5.91 Å². The van der Waals surface area contributed by atoms with Gasteiger partial charge in [-0.15, -0.1) is 0 Å². The second-order valence-corrected chi connectivity index (χ2v) is 7.90. The molecular weight excluding hydrogens is 349 g/mol. The highest BCUT2D eigenvalue weighted by Crippen LogP contribution is 2.42. The molecule has 0 saturated carbocycles. The Balaban J connectivity index is 1.57. The third-order valence-electron chi connectivity index (χ3n) is 6.38. The average Bonchev–Trinajstić information content (AvgIpc) is 3.06. The molecule has 1 aromatic carbocycles. The molecule has 2 N–H and O–H groups in total. The predicted octanol–water partition coefficient (Wildman–Crippen LogP) is 1.52. The van der Waals surface area contributed by atoms with E-state index in [0.29, 0.717) is 13.0 Å². The van der Waals surface area contributed by atoms with Crippen molar-refractivity contribution in [1.82, 2.24) is 9.80 Å². The lowest BCUT2D eigenvalue weighted by Gasteiger charge is -2.48. The molecule has 4 atom stereocenters. The summed E-state index contributed by atoms with van der Waals surface area (Å²) in [5.41, 5.74) is 9.04. The number of piperidine rings is 1. The van der Waals surface area contributed by atoms with Crippen LogP contribution < -0.4 is 15.2 Å². The molecule has 6 nitrogen and oxygen atoms in total. The van der Waals surface area contributed by atoms with E-state index < -0.39 is 6.67 Å². The second-order valence-electron chi connectivity index (χ2n) is 7.90. The van der Waals surface area contributed by atoms with Crippen molar-refractivity contribution >= 4 is 5.91 Å². The molecule has 4 rings (SSSR count). The fourth-order valence-corrected chi connectivity index (χ4v) is 4.93. The Morgan fingerprint density at radius 1 is 1.22 bits per heavy atom. The van der Waals surface area contributed by atoms with Crippen molar-refractivity contribution in [2.45, 2.75) is 37.4 Å². The van der Waals surface area contributed by atoms with Crippen LogP contribution in [0.5, 0.6) is 11.5 Å². The number of carbonyl (C=O) groups excluding carboxylic acids is 1. The molecule has 2 fully saturated rings. The van der Waals surface area contributed by atoms with Gasteiger partial charge in [0, 0.05) is 44.1 Å². The van der Waals surface area contributed by atoms with Crippen molar-refractivity contribution in [3.8, 4) is 11.5 Å². The first-order chi connectivity index (χ1) is 13.0. The molecule has 0 aliphatic carbocycles. The Morgan fingerprint density at radius 2 is 1.96 bits per heavy atom. The molecule has 1 aromatic rings. The predicted molar refractivity (Wildman–Crippen MR) is 99.7 cm³/mol. The Labute approximate surface area is 159 Å². The first-order valence-corrected chi connectivity index (χ1v) is 9.65. The number of alkyl halides is 1. The number of ether oxygens (including phenoxy) is 2. The van der Waals surface area contributed by atoms with Crippen LogP contribution in [0, 0.1) is 5.92 Å².